The molecule has 7 aliphatic rings. The molecule has 2 saturated carbocycles. The molecule has 0 radical (unpaired) electrons. The highest BCUT2D eigenvalue weighted by Gasteiger charge is 2.40. The molecule has 4 aromatic rings. The van der Waals surface area contributed by atoms with Crippen LogP contribution in [-0.4, -0.2) is 126 Å². The number of hydrogen-bond donors (Lipinski definition) is 0. The average molecular weight is 925 g/mol. The van der Waals surface area contributed by atoms with Gasteiger partial charge >= 0.3 is 33.4 Å². The van der Waals surface area contributed by atoms with Gasteiger partial charge in [0.2, 0.25) is 11.8 Å². The lowest BCUT2D eigenvalue weighted by molar-refractivity contribution is -0.125. The van der Waals surface area contributed by atoms with Crippen LogP contribution in [0.2, 0.25) is 25.5 Å². The maximum Gasteiger partial charge on any atom is 0.426 e. The van der Waals surface area contributed by atoms with Crippen molar-refractivity contribution in [2.45, 2.75) is 91.3 Å². The van der Waals surface area contributed by atoms with Gasteiger partial charge in [-0.2, -0.15) is 0 Å². The van der Waals surface area contributed by atoms with E-state index in [9.17, 15) is 28.8 Å². The molecule has 5 aliphatic heterocycles. The number of fused-ring (bicyclic) bond motifs is 2. The lowest BCUT2D eigenvalue weighted by Gasteiger charge is -2.25. The minimum Gasteiger partial charge on any atom is -0.453 e. The average Bonchev–Trinajstić information content (AvgIpc) is 4.22. The van der Waals surface area contributed by atoms with Gasteiger partial charge in [-0.05, 0) is 128 Å². The fourth-order valence-electron chi connectivity index (χ4n) is 9.33. The quantitative estimate of drug-likeness (QED) is 0.133. The second-order valence-corrected chi connectivity index (χ2v) is 18.7. The molecule has 11 rings (SSSR count). The van der Waals surface area contributed by atoms with E-state index in [1.165, 1.54) is 19.0 Å². The zero-order valence-corrected chi connectivity index (χ0v) is 39.4. The Kier molecular flexibility index (Phi) is 12.8. The molecule has 4 aromatic carbocycles. The van der Waals surface area contributed by atoms with Crippen LogP contribution in [0.1, 0.15) is 74.2 Å². The van der Waals surface area contributed by atoms with Crippen LogP contribution in [0.15, 0.2) is 72.8 Å². The maximum absolute atomic E-state index is 12.5. The molecular weight excluding hydrogens is 872 g/mol. The van der Waals surface area contributed by atoms with Gasteiger partial charge in [0.25, 0.3) is 11.8 Å². The van der Waals surface area contributed by atoms with Gasteiger partial charge in [0.1, 0.15) is 13.1 Å². The van der Waals surface area contributed by atoms with Gasteiger partial charge in [0, 0.05) is 74.1 Å². The first-order chi connectivity index (χ1) is 32.0. The van der Waals surface area contributed by atoms with E-state index < -0.39 is 0 Å². The first-order valence-corrected chi connectivity index (χ1v) is 23.2. The van der Waals surface area contributed by atoms with Crippen molar-refractivity contribution in [1.29, 1.82) is 0 Å². The van der Waals surface area contributed by atoms with Crippen LogP contribution in [0.3, 0.4) is 0 Å². The second kappa shape index (κ2) is 18.6. The van der Waals surface area contributed by atoms with Crippen molar-refractivity contribution in [2.24, 2.45) is 0 Å². The van der Waals surface area contributed by atoms with Crippen LogP contribution in [-0.2, 0) is 49.5 Å². The molecule has 0 spiro atoms. The first kappa shape index (κ1) is 46.2. The SMILES string of the molecule is CB1OB(C)OB(C)O1.CN1C(=O)CN(Cc2ccc(-c3ccc4c(c3)CN(C3CC3)C4=O)c(Cl)c2)C1=O.Cc1cc(CN2CC(=O)N(C)C2=O)ccc1-c1ccc2c(c1)CN(C1CC1)C2=O. The van der Waals surface area contributed by atoms with Crippen molar-refractivity contribution < 1.29 is 42.5 Å². The number of amides is 8. The number of aryl methyl sites for hydroxylation is 1. The molecular formula is C48H52B3ClN6O9. The smallest absolute Gasteiger partial charge is 0.426 e. The number of carbonyl (C=O) groups excluding carboxylic acids is 6. The minimum atomic E-state index is -0.293. The van der Waals surface area contributed by atoms with Gasteiger partial charge in [0.15, 0.2) is 0 Å². The number of nitrogens with zero attached hydrogens (tertiary/aromatic N) is 6. The van der Waals surface area contributed by atoms with Gasteiger partial charge in [-0.1, -0.05) is 54.1 Å². The van der Waals surface area contributed by atoms with Crippen molar-refractivity contribution >= 4 is 68.6 Å². The van der Waals surface area contributed by atoms with Gasteiger partial charge < -0.3 is 33.3 Å². The number of urea groups is 2. The topological polar surface area (TPSA) is 150 Å². The third-order valence-corrected chi connectivity index (χ3v) is 13.5. The Bertz CT molecular complexity index is 2510. The third kappa shape index (κ3) is 9.76. The van der Waals surface area contributed by atoms with Crippen LogP contribution in [0, 0.1) is 6.92 Å². The van der Waals surface area contributed by atoms with E-state index in [0.29, 0.717) is 43.3 Å². The van der Waals surface area contributed by atoms with Gasteiger partial charge in [0.05, 0.1) is 0 Å². The Morgan fingerprint density at radius 2 is 0.940 bits per heavy atom. The summed E-state index contributed by atoms with van der Waals surface area (Å²) in [6.07, 6.45) is 4.43. The highest BCUT2D eigenvalue weighted by molar-refractivity contribution is 6.72. The zero-order chi connectivity index (χ0) is 47.4. The number of hydrogen-bond acceptors (Lipinski definition) is 9. The first-order valence-electron chi connectivity index (χ1n) is 22.9. The summed E-state index contributed by atoms with van der Waals surface area (Å²) in [7, 11) is 2.60. The summed E-state index contributed by atoms with van der Waals surface area (Å²) in [4.78, 5) is 82.0. The molecule has 67 heavy (non-hydrogen) atoms. The molecule has 3 saturated heterocycles. The van der Waals surface area contributed by atoms with Gasteiger partial charge in [-0.3, -0.25) is 29.0 Å². The fourth-order valence-corrected chi connectivity index (χ4v) is 9.64. The van der Waals surface area contributed by atoms with E-state index in [1.807, 2.05) is 84.9 Å². The number of rotatable bonds is 8. The third-order valence-electron chi connectivity index (χ3n) is 13.2. The summed E-state index contributed by atoms with van der Waals surface area (Å²) < 4.78 is 15.3. The van der Waals surface area contributed by atoms with Crippen LogP contribution in [0.5, 0.6) is 0 Å². The highest BCUT2D eigenvalue weighted by Crippen LogP contribution is 2.39. The molecule has 5 heterocycles. The predicted octanol–water partition coefficient (Wildman–Crippen LogP) is 7.10. The molecule has 0 bridgehead atoms. The van der Waals surface area contributed by atoms with Crippen molar-refractivity contribution in [2.75, 3.05) is 27.2 Å². The standard InChI is InChI=1S/C23H23N3O3.C22H20ClN3O3.C3H9B3O3/c1-14-9-15(11-25-13-21(27)24(2)23(25)29)3-7-19(14)16-4-8-20-17(10-16)12-26(22(20)28)18-5-6-18;1-24-20(27)12-25(22(24)29)10-13-2-6-17(19(23)8-13)14-3-7-18-15(9-14)11-26(21(18)28)16-4-5-16;1-4-7-5(2)9-6(3)8-4/h3-4,7-10,18H,5-6,11-13H2,1-2H3;2-3,6-9,16H,4-5,10-12H2,1H3;1-3H3. The van der Waals surface area contributed by atoms with Crippen molar-refractivity contribution in [3.05, 3.63) is 117 Å². The van der Waals surface area contributed by atoms with E-state index in [0.717, 1.165) is 96.7 Å². The normalized spacial score (nSPS) is 19.1. The van der Waals surface area contributed by atoms with E-state index in [2.05, 4.69) is 25.1 Å². The van der Waals surface area contributed by atoms with E-state index in [1.54, 1.807) is 4.90 Å². The Balaban J connectivity index is 0.000000142. The molecule has 344 valence electrons. The maximum atomic E-state index is 12.5. The lowest BCUT2D eigenvalue weighted by Crippen LogP contribution is -2.44. The van der Waals surface area contributed by atoms with Crippen LogP contribution < -0.4 is 0 Å². The summed E-state index contributed by atoms with van der Waals surface area (Å²) in [6.45, 7) is 9.98. The molecule has 0 unspecified atom stereocenters. The highest BCUT2D eigenvalue weighted by atomic mass is 35.5. The Hall–Kier alpha value is -5.94. The fraction of sp³-hybridized carbons (Fsp3) is 0.375. The van der Waals surface area contributed by atoms with Crippen LogP contribution in [0.4, 0.5) is 9.59 Å². The Morgan fingerprint density at radius 1 is 0.537 bits per heavy atom. The number of imide groups is 2. The summed E-state index contributed by atoms with van der Waals surface area (Å²) in [5.41, 5.74) is 10.8. The number of carbonyl (C=O) groups is 6. The number of halogens is 1. The summed E-state index contributed by atoms with van der Waals surface area (Å²) in [5.74, 6) is -0.0804. The second-order valence-electron chi connectivity index (χ2n) is 18.3. The van der Waals surface area contributed by atoms with Gasteiger partial charge in [-0.15, -0.1) is 0 Å². The molecule has 5 fully saturated rings. The molecule has 0 atom stereocenters. The van der Waals surface area contributed by atoms with Crippen LogP contribution in [0.25, 0.3) is 22.3 Å². The van der Waals surface area contributed by atoms with E-state index >= 15 is 0 Å². The van der Waals surface area contributed by atoms with Crippen molar-refractivity contribution in [3.8, 4) is 22.3 Å². The molecule has 2 aliphatic carbocycles. The molecule has 8 amide bonds. The Morgan fingerprint density at radius 3 is 1.33 bits per heavy atom. The van der Waals surface area contributed by atoms with Crippen LogP contribution >= 0.6 is 11.6 Å². The summed E-state index contributed by atoms with van der Waals surface area (Å²) >= 11 is 6.55. The molecule has 15 nitrogen and oxygen atoms in total. The van der Waals surface area contributed by atoms with Crippen molar-refractivity contribution in [3.63, 3.8) is 0 Å². The molecule has 0 N–H and O–H groups in total. The monoisotopic (exact) mass is 924 g/mol. The summed E-state index contributed by atoms with van der Waals surface area (Å²) in [5, 5.41) is 0.581. The van der Waals surface area contributed by atoms with Gasteiger partial charge in [-0.25, -0.2) is 9.59 Å². The van der Waals surface area contributed by atoms with E-state index in [4.69, 9.17) is 25.3 Å². The summed E-state index contributed by atoms with van der Waals surface area (Å²) in [6, 6.07) is 24.1. The largest absolute Gasteiger partial charge is 0.453 e. The number of benzene rings is 4. The van der Waals surface area contributed by atoms with Crippen molar-refractivity contribution in [1.82, 2.24) is 29.4 Å². The van der Waals surface area contributed by atoms with E-state index in [-0.39, 0.29) is 70.1 Å². The zero-order valence-electron chi connectivity index (χ0n) is 38.6. The predicted molar refractivity (Wildman–Crippen MR) is 255 cm³/mol. The lowest BCUT2D eigenvalue weighted by atomic mass is 9.74. The Labute approximate surface area is 396 Å². The minimum absolute atomic E-state index is 0.0883. The molecule has 0 aromatic heterocycles. The molecule has 19 heteroatoms. The number of likely N-dealkylation sites (N-methyl/N-ethyl adjacent to an activating group) is 2.